The van der Waals surface area contributed by atoms with Crippen LogP contribution in [0.25, 0.3) is 0 Å². The number of nitrogens with zero attached hydrogens (tertiary/aromatic N) is 1. The lowest BCUT2D eigenvalue weighted by Crippen LogP contribution is -2.09. The number of halogens is 2. The van der Waals surface area contributed by atoms with Crippen molar-refractivity contribution in [2.75, 3.05) is 0 Å². The standard InChI is InChI=1S/C10H9F2NO4/c1-2-3-8(14)17-7-5-4-6(13(15)16)9(11)10(7)12/h4-5H,2-3H2,1H3. The fourth-order valence-electron chi connectivity index (χ4n) is 1.12. The first-order valence-electron chi connectivity index (χ1n) is 4.80. The predicted octanol–water partition coefficient (Wildman–Crippen LogP) is 2.58. The normalized spacial score (nSPS) is 10.1. The molecule has 0 heterocycles. The number of benzene rings is 1. The molecule has 0 N–H and O–H groups in total. The summed E-state index contributed by atoms with van der Waals surface area (Å²) in [6.45, 7) is 1.72. The van der Waals surface area contributed by atoms with E-state index in [0.717, 1.165) is 12.1 Å². The van der Waals surface area contributed by atoms with E-state index >= 15 is 0 Å². The second kappa shape index (κ2) is 5.33. The molecule has 0 saturated carbocycles. The lowest BCUT2D eigenvalue weighted by molar-refractivity contribution is -0.387. The van der Waals surface area contributed by atoms with Crippen LogP contribution in [0.15, 0.2) is 12.1 Å². The van der Waals surface area contributed by atoms with Gasteiger partial charge in [-0.2, -0.15) is 8.78 Å². The summed E-state index contributed by atoms with van der Waals surface area (Å²) in [4.78, 5) is 20.3. The highest BCUT2D eigenvalue weighted by Gasteiger charge is 2.23. The van der Waals surface area contributed by atoms with Crippen LogP contribution in [-0.2, 0) is 4.79 Å². The van der Waals surface area contributed by atoms with Gasteiger partial charge in [-0.3, -0.25) is 14.9 Å². The molecule has 0 atom stereocenters. The first kappa shape index (κ1) is 13.0. The highest BCUT2D eigenvalue weighted by Crippen LogP contribution is 2.27. The molecule has 1 aromatic carbocycles. The molecule has 0 radical (unpaired) electrons. The number of ether oxygens (including phenoxy) is 1. The summed E-state index contributed by atoms with van der Waals surface area (Å²) >= 11 is 0. The molecule has 17 heavy (non-hydrogen) atoms. The van der Waals surface area contributed by atoms with E-state index in [4.69, 9.17) is 0 Å². The molecule has 0 unspecified atom stereocenters. The van der Waals surface area contributed by atoms with Gasteiger partial charge in [-0.25, -0.2) is 0 Å². The van der Waals surface area contributed by atoms with Gasteiger partial charge in [0, 0.05) is 12.5 Å². The van der Waals surface area contributed by atoms with E-state index in [2.05, 4.69) is 4.74 Å². The highest BCUT2D eigenvalue weighted by atomic mass is 19.2. The summed E-state index contributed by atoms with van der Waals surface area (Å²) < 4.78 is 30.9. The molecule has 7 heteroatoms. The first-order chi connectivity index (χ1) is 7.97. The highest BCUT2D eigenvalue weighted by molar-refractivity contribution is 5.72. The second-order valence-electron chi connectivity index (χ2n) is 3.19. The summed E-state index contributed by atoms with van der Waals surface area (Å²) in [7, 11) is 0. The quantitative estimate of drug-likeness (QED) is 0.354. The van der Waals surface area contributed by atoms with Gasteiger partial charge in [-0.05, 0) is 12.5 Å². The molecular formula is C10H9F2NO4. The Bertz CT molecular complexity index is 462. The van der Waals surface area contributed by atoms with E-state index < -0.39 is 34.0 Å². The van der Waals surface area contributed by atoms with Crippen LogP contribution in [0.1, 0.15) is 19.8 Å². The summed E-state index contributed by atoms with van der Waals surface area (Å²) in [6.07, 6.45) is 0.550. The number of carbonyl (C=O) groups excluding carboxylic acids is 1. The van der Waals surface area contributed by atoms with Crippen molar-refractivity contribution in [3.05, 3.63) is 33.9 Å². The Kier molecular flexibility index (Phi) is 4.08. The van der Waals surface area contributed by atoms with Gasteiger partial charge in [-0.1, -0.05) is 6.92 Å². The molecule has 0 aliphatic heterocycles. The van der Waals surface area contributed by atoms with Crippen LogP contribution in [0.2, 0.25) is 0 Å². The van der Waals surface area contributed by atoms with Crippen LogP contribution in [0.5, 0.6) is 5.75 Å². The van der Waals surface area contributed by atoms with Crippen LogP contribution < -0.4 is 4.74 Å². The molecule has 0 spiro atoms. The van der Waals surface area contributed by atoms with E-state index in [9.17, 15) is 23.7 Å². The van der Waals surface area contributed by atoms with Gasteiger partial charge in [0.25, 0.3) is 0 Å². The maximum absolute atomic E-state index is 13.3. The lowest BCUT2D eigenvalue weighted by Gasteiger charge is -2.05. The monoisotopic (exact) mass is 245 g/mol. The van der Waals surface area contributed by atoms with Crippen LogP contribution in [0, 0.1) is 21.7 Å². The van der Waals surface area contributed by atoms with Gasteiger partial charge >= 0.3 is 11.7 Å². The third-order valence-corrected chi connectivity index (χ3v) is 1.90. The number of hydrogen-bond donors (Lipinski definition) is 0. The Morgan fingerprint density at radius 2 is 2.06 bits per heavy atom. The molecule has 0 aromatic heterocycles. The zero-order chi connectivity index (χ0) is 13.0. The summed E-state index contributed by atoms with van der Waals surface area (Å²) in [5.74, 6) is -4.55. The Balaban J connectivity index is 3.00. The number of esters is 1. The minimum atomic E-state index is -1.64. The fraction of sp³-hybridized carbons (Fsp3) is 0.300. The van der Waals surface area contributed by atoms with E-state index in [-0.39, 0.29) is 6.42 Å². The van der Waals surface area contributed by atoms with E-state index in [1.54, 1.807) is 6.92 Å². The van der Waals surface area contributed by atoms with Crippen molar-refractivity contribution < 1.29 is 23.2 Å². The molecule has 0 saturated heterocycles. The number of carbonyl (C=O) groups is 1. The van der Waals surface area contributed by atoms with Crippen LogP contribution in [0.3, 0.4) is 0 Å². The van der Waals surface area contributed by atoms with Crippen LogP contribution >= 0.6 is 0 Å². The van der Waals surface area contributed by atoms with E-state index in [0.29, 0.717) is 6.42 Å². The van der Waals surface area contributed by atoms with Gasteiger partial charge < -0.3 is 4.74 Å². The summed E-state index contributed by atoms with van der Waals surface area (Å²) in [5, 5.41) is 10.3. The molecule has 5 nitrogen and oxygen atoms in total. The number of rotatable bonds is 4. The van der Waals surface area contributed by atoms with E-state index in [1.807, 2.05) is 0 Å². The second-order valence-corrected chi connectivity index (χ2v) is 3.19. The number of nitro benzene ring substituents is 1. The Labute approximate surface area is 95.2 Å². The maximum Gasteiger partial charge on any atom is 0.311 e. The summed E-state index contributed by atoms with van der Waals surface area (Å²) in [5.41, 5.74) is -1.00. The molecule has 0 fully saturated rings. The van der Waals surface area contributed by atoms with Crippen molar-refractivity contribution in [1.82, 2.24) is 0 Å². The third-order valence-electron chi connectivity index (χ3n) is 1.90. The molecule has 0 aliphatic rings. The predicted molar refractivity (Wildman–Crippen MR) is 53.6 cm³/mol. The molecule has 0 amide bonds. The van der Waals surface area contributed by atoms with Gasteiger partial charge in [0.15, 0.2) is 5.75 Å². The minimum absolute atomic E-state index is 0.0536. The van der Waals surface area contributed by atoms with Crippen molar-refractivity contribution in [2.45, 2.75) is 19.8 Å². The lowest BCUT2D eigenvalue weighted by atomic mass is 10.2. The van der Waals surface area contributed by atoms with Crippen LogP contribution in [0.4, 0.5) is 14.5 Å². The first-order valence-corrected chi connectivity index (χ1v) is 4.80. The van der Waals surface area contributed by atoms with Gasteiger partial charge in [0.05, 0.1) is 4.92 Å². The number of nitro groups is 1. The van der Waals surface area contributed by atoms with Crippen molar-refractivity contribution in [3.63, 3.8) is 0 Å². The minimum Gasteiger partial charge on any atom is -0.423 e. The fourth-order valence-corrected chi connectivity index (χ4v) is 1.12. The Morgan fingerprint density at radius 3 is 2.59 bits per heavy atom. The smallest absolute Gasteiger partial charge is 0.311 e. The Morgan fingerprint density at radius 1 is 1.41 bits per heavy atom. The van der Waals surface area contributed by atoms with Crippen molar-refractivity contribution in [1.29, 1.82) is 0 Å². The van der Waals surface area contributed by atoms with Crippen molar-refractivity contribution in [3.8, 4) is 5.75 Å². The zero-order valence-corrected chi connectivity index (χ0v) is 8.91. The SMILES string of the molecule is CCCC(=O)Oc1ccc([N+](=O)[O-])c(F)c1F. The van der Waals surface area contributed by atoms with Crippen LogP contribution in [-0.4, -0.2) is 10.9 Å². The zero-order valence-electron chi connectivity index (χ0n) is 8.91. The average molecular weight is 245 g/mol. The Hall–Kier alpha value is -2.05. The van der Waals surface area contributed by atoms with Gasteiger partial charge in [0.2, 0.25) is 11.6 Å². The molecule has 0 bridgehead atoms. The molecule has 0 aliphatic carbocycles. The molecule has 92 valence electrons. The van der Waals surface area contributed by atoms with Gasteiger partial charge in [0.1, 0.15) is 0 Å². The molecule has 1 rings (SSSR count). The van der Waals surface area contributed by atoms with Crippen molar-refractivity contribution >= 4 is 11.7 Å². The van der Waals surface area contributed by atoms with Crippen molar-refractivity contribution in [2.24, 2.45) is 0 Å². The molecule has 1 aromatic rings. The van der Waals surface area contributed by atoms with Gasteiger partial charge in [-0.15, -0.1) is 0 Å². The van der Waals surface area contributed by atoms with E-state index in [1.165, 1.54) is 0 Å². The maximum atomic E-state index is 13.3. The summed E-state index contributed by atoms with van der Waals surface area (Å²) in [6, 6.07) is 1.59. The average Bonchev–Trinajstić information content (AvgIpc) is 2.25. The largest absolute Gasteiger partial charge is 0.423 e. The third kappa shape index (κ3) is 2.96. The molecular weight excluding hydrogens is 236 g/mol. The number of hydrogen-bond acceptors (Lipinski definition) is 4. The topological polar surface area (TPSA) is 69.4 Å².